The summed E-state index contributed by atoms with van der Waals surface area (Å²) in [6, 6.07) is 14.0. The first-order chi connectivity index (χ1) is 12.8. The summed E-state index contributed by atoms with van der Waals surface area (Å²) >= 11 is 6.27. The Morgan fingerprint density at radius 3 is 2.54 bits per heavy atom. The molecular formula is C20H19ClN4O. The third kappa shape index (κ3) is 2.72. The molecular weight excluding hydrogens is 348 g/mol. The van der Waals surface area contributed by atoms with Gasteiger partial charge in [0.25, 0.3) is 0 Å². The summed E-state index contributed by atoms with van der Waals surface area (Å²) in [5.74, 6) is 0. The molecule has 0 saturated carbocycles. The van der Waals surface area contributed by atoms with Crippen molar-refractivity contribution < 1.29 is 4.74 Å². The van der Waals surface area contributed by atoms with Crippen LogP contribution in [0.25, 0.3) is 33.1 Å². The molecule has 1 aliphatic rings. The molecule has 1 saturated heterocycles. The molecule has 0 aliphatic carbocycles. The summed E-state index contributed by atoms with van der Waals surface area (Å²) in [7, 11) is 0. The number of ether oxygens (including phenoxy) is 1. The van der Waals surface area contributed by atoms with Crippen molar-refractivity contribution in [2.45, 2.75) is 6.54 Å². The molecule has 5 rings (SSSR count). The standard InChI is InChI=1S/C20H19ClN4O/c21-14-5-6-18-15(13-14)19-20(23-17-4-2-1-3-16(17)22-19)25(18)8-7-24-9-11-26-12-10-24/h1-6,13H,7-12H2. The van der Waals surface area contributed by atoms with Gasteiger partial charge in [0.2, 0.25) is 0 Å². The molecule has 2 aromatic carbocycles. The third-order valence-corrected chi connectivity index (χ3v) is 5.29. The maximum absolute atomic E-state index is 6.27. The van der Waals surface area contributed by atoms with Gasteiger partial charge >= 0.3 is 0 Å². The summed E-state index contributed by atoms with van der Waals surface area (Å²) in [5, 5.41) is 1.78. The molecule has 132 valence electrons. The van der Waals surface area contributed by atoms with Crippen LogP contribution in [0.15, 0.2) is 42.5 Å². The Labute approximate surface area is 156 Å². The van der Waals surface area contributed by atoms with Crippen LogP contribution in [-0.4, -0.2) is 52.3 Å². The van der Waals surface area contributed by atoms with Crippen LogP contribution in [0.3, 0.4) is 0 Å². The van der Waals surface area contributed by atoms with Crippen molar-refractivity contribution in [1.29, 1.82) is 0 Å². The summed E-state index contributed by atoms with van der Waals surface area (Å²) < 4.78 is 7.73. The van der Waals surface area contributed by atoms with Gasteiger partial charge in [-0.05, 0) is 30.3 Å². The number of morpholine rings is 1. The quantitative estimate of drug-likeness (QED) is 0.554. The highest BCUT2D eigenvalue weighted by molar-refractivity contribution is 6.31. The van der Waals surface area contributed by atoms with Crippen molar-refractivity contribution in [3.63, 3.8) is 0 Å². The van der Waals surface area contributed by atoms with E-state index in [1.807, 2.05) is 36.4 Å². The maximum atomic E-state index is 6.27. The van der Waals surface area contributed by atoms with E-state index in [1.165, 1.54) is 0 Å². The van der Waals surface area contributed by atoms with Gasteiger partial charge in [-0.25, -0.2) is 9.97 Å². The number of fused-ring (bicyclic) bond motifs is 4. The van der Waals surface area contributed by atoms with E-state index in [1.54, 1.807) is 0 Å². The Balaban J connectivity index is 1.67. The first-order valence-corrected chi connectivity index (χ1v) is 9.32. The van der Waals surface area contributed by atoms with Crippen molar-refractivity contribution in [1.82, 2.24) is 19.4 Å². The van der Waals surface area contributed by atoms with Crippen molar-refractivity contribution >= 4 is 44.7 Å². The van der Waals surface area contributed by atoms with Crippen LogP contribution in [0.1, 0.15) is 0 Å². The van der Waals surface area contributed by atoms with Crippen LogP contribution in [0.4, 0.5) is 0 Å². The lowest BCUT2D eigenvalue weighted by Crippen LogP contribution is -2.38. The van der Waals surface area contributed by atoms with Crippen LogP contribution in [0.2, 0.25) is 5.02 Å². The molecule has 4 aromatic rings. The van der Waals surface area contributed by atoms with Gasteiger partial charge in [0.1, 0.15) is 5.52 Å². The predicted octanol–water partition coefficient (Wildman–Crippen LogP) is 3.72. The zero-order valence-corrected chi connectivity index (χ0v) is 15.1. The van der Waals surface area contributed by atoms with Crippen molar-refractivity contribution in [3.8, 4) is 0 Å². The minimum Gasteiger partial charge on any atom is -0.379 e. The Kier molecular flexibility index (Phi) is 4.00. The molecule has 0 amide bonds. The fourth-order valence-electron chi connectivity index (χ4n) is 3.70. The fourth-order valence-corrected chi connectivity index (χ4v) is 3.87. The molecule has 26 heavy (non-hydrogen) atoms. The average Bonchev–Trinajstić information content (AvgIpc) is 2.97. The summed E-state index contributed by atoms with van der Waals surface area (Å²) in [6.07, 6.45) is 0. The van der Waals surface area contributed by atoms with Gasteiger partial charge in [0, 0.05) is 36.6 Å². The van der Waals surface area contributed by atoms with Gasteiger partial charge in [-0.3, -0.25) is 4.90 Å². The van der Waals surface area contributed by atoms with E-state index in [9.17, 15) is 0 Å². The Bertz CT molecular complexity index is 1100. The molecule has 6 heteroatoms. The zero-order chi connectivity index (χ0) is 17.5. The molecule has 0 atom stereocenters. The first-order valence-electron chi connectivity index (χ1n) is 8.94. The number of hydrogen-bond donors (Lipinski definition) is 0. The van der Waals surface area contributed by atoms with E-state index < -0.39 is 0 Å². The molecule has 0 radical (unpaired) electrons. The second-order valence-electron chi connectivity index (χ2n) is 6.65. The van der Waals surface area contributed by atoms with Crippen LogP contribution < -0.4 is 0 Å². The average molecular weight is 367 g/mol. The van der Waals surface area contributed by atoms with E-state index in [0.717, 1.165) is 77.5 Å². The van der Waals surface area contributed by atoms with Crippen molar-refractivity contribution in [3.05, 3.63) is 47.5 Å². The molecule has 0 unspecified atom stereocenters. The highest BCUT2D eigenvalue weighted by atomic mass is 35.5. The molecule has 2 aromatic heterocycles. The third-order valence-electron chi connectivity index (χ3n) is 5.06. The second-order valence-corrected chi connectivity index (χ2v) is 7.09. The smallest absolute Gasteiger partial charge is 0.160 e. The Hall–Kier alpha value is -2.21. The van der Waals surface area contributed by atoms with E-state index in [4.69, 9.17) is 26.3 Å². The van der Waals surface area contributed by atoms with Gasteiger partial charge in [-0.2, -0.15) is 0 Å². The Morgan fingerprint density at radius 1 is 0.962 bits per heavy atom. The van der Waals surface area contributed by atoms with Gasteiger partial charge < -0.3 is 9.30 Å². The van der Waals surface area contributed by atoms with Crippen LogP contribution in [0.5, 0.6) is 0 Å². The fraction of sp³-hybridized carbons (Fsp3) is 0.300. The summed E-state index contributed by atoms with van der Waals surface area (Å²) in [5.41, 5.74) is 4.80. The number of aromatic nitrogens is 3. The van der Waals surface area contributed by atoms with Crippen LogP contribution in [-0.2, 0) is 11.3 Å². The normalized spacial score (nSPS) is 16.0. The number of hydrogen-bond acceptors (Lipinski definition) is 4. The lowest BCUT2D eigenvalue weighted by molar-refractivity contribution is 0.0366. The molecule has 1 aliphatic heterocycles. The van der Waals surface area contributed by atoms with E-state index in [2.05, 4.69) is 15.5 Å². The monoisotopic (exact) mass is 366 g/mol. The number of rotatable bonds is 3. The Morgan fingerprint density at radius 2 is 1.73 bits per heavy atom. The SMILES string of the molecule is Clc1ccc2c(c1)c1nc3ccccc3nc1n2CCN1CCOCC1. The minimum absolute atomic E-state index is 0.722. The maximum Gasteiger partial charge on any atom is 0.160 e. The zero-order valence-electron chi connectivity index (χ0n) is 14.4. The molecule has 0 N–H and O–H groups in total. The van der Waals surface area contributed by atoms with Crippen molar-refractivity contribution in [2.24, 2.45) is 0 Å². The van der Waals surface area contributed by atoms with Crippen LogP contribution in [0, 0.1) is 0 Å². The summed E-state index contributed by atoms with van der Waals surface area (Å²) in [6.45, 7) is 5.43. The van der Waals surface area contributed by atoms with Crippen LogP contribution >= 0.6 is 11.6 Å². The van der Waals surface area contributed by atoms with Gasteiger partial charge in [-0.1, -0.05) is 23.7 Å². The largest absolute Gasteiger partial charge is 0.379 e. The molecule has 1 fully saturated rings. The van der Waals surface area contributed by atoms with Gasteiger partial charge in [-0.15, -0.1) is 0 Å². The second kappa shape index (κ2) is 6.50. The lowest BCUT2D eigenvalue weighted by atomic mass is 10.2. The highest BCUT2D eigenvalue weighted by Gasteiger charge is 2.16. The molecule has 0 spiro atoms. The molecule has 0 bridgehead atoms. The van der Waals surface area contributed by atoms with Gasteiger partial charge in [0.15, 0.2) is 5.65 Å². The highest BCUT2D eigenvalue weighted by Crippen LogP contribution is 2.30. The molecule has 5 nitrogen and oxygen atoms in total. The number of halogens is 1. The predicted molar refractivity (Wildman–Crippen MR) is 105 cm³/mol. The van der Waals surface area contributed by atoms with Gasteiger partial charge in [0.05, 0.1) is 29.8 Å². The molecule has 3 heterocycles. The number of nitrogens with zero attached hydrogens (tertiary/aromatic N) is 4. The van der Waals surface area contributed by atoms with E-state index >= 15 is 0 Å². The number of benzene rings is 2. The number of para-hydroxylation sites is 2. The lowest BCUT2D eigenvalue weighted by Gasteiger charge is -2.26. The van der Waals surface area contributed by atoms with Crippen molar-refractivity contribution in [2.75, 3.05) is 32.8 Å². The van der Waals surface area contributed by atoms with E-state index in [-0.39, 0.29) is 0 Å². The van der Waals surface area contributed by atoms with E-state index in [0.29, 0.717) is 0 Å². The minimum atomic E-state index is 0.722. The first kappa shape index (κ1) is 16.0. The topological polar surface area (TPSA) is 43.2 Å². The summed E-state index contributed by atoms with van der Waals surface area (Å²) in [4.78, 5) is 12.2.